The molecule has 0 saturated carbocycles. The number of amides is 1. The van der Waals surface area contributed by atoms with Crippen molar-refractivity contribution in [3.05, 3.63) is 48.0 Å². The summed E-state index contributed by atoms with van der Waals surface area (Å²) in [5, 5.41) is 0. The van der Waals surface area contributed by atoms with E-state index in [2.05, 4.69) is 22.0 Å². The van der Waals surface area contributed by atoms with Gasteiger partial charge in [0, 0.05) is 51.9 Å². The lowest BCUT2D eigenvalue weighted by Crippen LogP contribution is -2.54. The monoisotopic (exact) mass is 403 g/mol. The molecule has 28 heavy (non-hydrogen) atoms. The van der Waals surface area contributed by atoms with E-state index in [1.165, 1.54) is 10.6 Å². The van der Waals surface area contributed by atoms with E-state index < -0.39 is 16.1 Å². The van der Waals surface area contributed by atoms with Crippen LogP contribution in [0.1, 0.15) is 17.4 Å². The molecule has 0 unspecified atom stereocenters. The first-order valence-corrected chi connectivity index (χ1v) is 11.3. The number of benzene rings is 1. The Morgan fingerprint density at radius 2 is 1.75 bits per heavy atom. The van der Waals surface area contributed by atoms with Gasteiger partial charge in [0.25, 0.3) is 0 Å². The Morgan fingerprint density at radius 3 is 2.39 bits per heavy atom. The van der Waals surface area contributed by atoms with Gasteiger partial charge in [-0.1, -0.05) is 18.2 Å². The standard InChI is InChI=1S/C19H25N5O3S/c1-21-14-20-16-8-9-24(28(2,26)27)18(17(16)21)19(25)23-12-10-22(11-13-23)15-6-4-3-5-7-15/h3-7,14,18H,8-13H2,1-2H3/t18-/m0/s1. The van der Waals surface area contributed by atoms with Crippen LogP contribution in [0.15, 0.2) is 36.7 Å². The number of sulfonamides is 1. The molecule has 0 aliphatic carbocycles. The summed E-state index contributed by atoms with van der Waals surface area (Å²) in [6, 6.07) is 9.27. The van der Waals surface area contributed by atoms with Crippen LogP contribution >= 0.6 is 0 Å². The largest absolute Gasteiger partial charge is 0.368 e. The summed E-state index contributed by atoms with van der Waals surface area (Å²) in [6.45, 7) is 2.85. The Balaban J connectivity index is 1.57. The number of anilines is 1. The number of rotatable bonds is 3. The molecule has 8 nitrogen and oxygen atoms in total. The Labute approximate surface area is 165 Å². The first kappa shape index (κ1) is 18.9. The number of nitrogens with zero attached hydrogens (tertiary/aromatic N) is 5. The lowest BCUT2D eigenvalue weighted by Gasteiger charge is -2.40. The van der Waals surface area contributed by atoms with Crippen molar-refractivity contribution in [1.29, 1.82) is 0 Å². The van der Waals surface area contributed by atoms with Crippen molar-refractivity contribution in [2.75, 3.05) is 43.9 Å². The average molecular weight is 404 g/mol. The highest BCUT2D eigenvalue weighted by atomic mass is 32.2. The summed E-state index contributed by atoms with van der Waals surface area (Å²) < 4.78 is 27.9. The van der Waals surface area contributed by atoms with Crippen molar-refractivity contribution in [2.45, 2.75) is 12.5 Å². The van der Waals surface area contributed by atoms with Crippen LogP contribution in [-0.2, 0) is 28.3 Å². The summed E-state index contributed by atoms with van der Waals surface area (Å²) in [5.41, 5.74) is 2.63. The summed E-state index contributed by atoms with van der Waals surface area (Å²) in [6.07, 6.45) is 3.35. The van der Waals surface area contributed by atoms with Crippen LogP contribution in [0.3, 0.4) is 0 Å². The maximum absolute atomic E-state index is 13.4. The fraction of sp³-hybridized carbons (Fsp3) is 0.474. The van der Waals surface area contributed by atoms with E-state index >= 15 is 0 Å². The van der Waals surface area contributed by atoms with Crippen LogP contribution in [0.2, 0.25) is 0 Å². The molecule has 4 rings (SSSR count). The number of para-hydroxylation sites is 1. The molecule has 0 radical (unpaired) electrons. The third-order valence-electron chi connectivity index (χ3n) is 5.55. The predicted molar refractivity (Wildman–Crippen MR) is 106 cm³/mol. The molecule has 2 aliphatic rings. The number of hydrogen-bond donors (Lipinski definition) is 0. The van der Waals surface area contributed by atoms with Crippen LogP contribution in [0.25, 0.3) is 0 Å². The third-order valence-corrected chi connectivity index (χ3v) is 6.80. The first-order chi connectivity index (χ1) is 13.4. The van der Waals surface area contributed by atoms with Crippen molar-refractivity contribution in [3.8, 4) is 0 Å². The van der Waals surface area contributed by atoms with E-state index in [1.54, 1.807) is 15.8 Å². The highest BCUT2D eigenvalue weighted by Crippen LogP contribution is 2.32. The number of piperazine rings is 1. The molecule has 0 bridgehead atoms. The molecule has 150 valence electrons. The molecule has 2 aromatic rings. The van der Waals surface area contributed by atoms with Crippen LogP contribution in [-0.4, -0.2) is 72.1 Å². The van der Waals surface area contributed by atoms with Gasteiger partial charge in [-0.3, -0.25) is 4.79 Å². The molecule has 0 spiro atoms. The van der Waals surface area contributed by atoms with Crippen LogP contribution < -0.4 is 4.90 Å². The third kappa shape index (κ3) is 3.40. The van der Waals surface area contributed by atoms with Gasteiger partial charge in [0.2, 0.25) is 15.9 Å². The van der Waals surface area contributed by atoms with Crippen LogP contribution in [0.4, 0.5) is 5.69 Å². The fourth-order valence-corrected chi connectivity index (χ4v) is 5.10. The van der Waals surface area contributed by atoms with Crippen molar-refractivity contribution in [3.63, 3.8) is 0 Å². The highest BCUT2D eigenvalue weighted by Gasteiger charge is 2.42. The number of imidazole rings is 1. The van der Waals surface area contributed by atoms with Gasteiger partial charge in [0.15, 0.2) is 0 Å². The van der Waals surface area contributed by atoms with E-state index in [1.807, 2.05) is 25.2 Å². The maximum atomic E-state index is 13.4. The lowest BCUT2D eigenvalue weighted by atomic mass is 10.0. The zero-order chi connectivity index (χ0) is 19.9. The fourth-order valence-electron chi connectivity index (χ4n) is 4.11. The average Bonchev–Trinajstić information content (AvgIpc) is 3.08. The molecule has 1 atom stereocenters. The van der Waals surface area contributed by atoms with E-state index in [9.17, 15) is 13.2 Å². The second-order valence-electron chi connectivity index (χ2n) is 7.36. The Hall–Kier alpha value is -2.39. The summed E-state index contributed by atoms with van der Waals surface area (Å²) >= 11 is 0. The Bertz CT molecular complexity index is 965. The lowest BCUT2D eigenvalue weighted by molar-refractivity contribution is -0.136. The predicted octanol–water partition coefficient (Wildman–Crippen LogP) is 0.628. The normalized spacial score (nSPS) is 20.9. The molecule has 1 aromatic carbocycles. The van der Waals surface area contributed by atoms with Gasteiger partial charge in [-0.2, -0.15) is 4.31 Å². The molecule has 3 heterocycles. The molecule has 0 N–H and O–H groups in total. The minimum atomic E-state index is -3.52. The quantitative estimate of drug-likeness (QED) is 0.751. The first-order valence-electron chi connectivity index (χ1n) is 9.42. The number of aryl methyl sites for hydroxylation is 1. The van der Waals surface area contributed by atoms with E-state index in [0.29, 0.717) is 25.2 Å². The summed E-state index contributed by atoms with van der Waals surface area (Å²) in [5.74, 6) is -0.164. The van der Waals surface area contributed by atoms with Crippen LogP contribution in [0.5, 0.6) is 0 Å². The molecule has 1 amide bonds. The number of fused-ring (bicyclic) bond motifs is 1. The molecule has 2 aliphatic heterocycles. The number of carbonyl (C=O) groups excluding carboxylic acids is 1. The smallest absolute Gasteiger partial charge is 0.247 e. The minimum Gasteiger partial charge on any atom is -0.368 e. The molecular formula is C19H25N5O3S. The minimum absolute atomic E-state index is 0.164. The Morgan fingerprint density at radius 1 is 1.07 bits per heavy atom. The topological polar surface area (TPSA) is 78.8 Å². The molecule has 1 saturated heterocycles. The van der Waals surface area contributed by atoms with Crippen molar-refractivity contribution < 1.29 is 13.2 Å². The van der Waals surface area contributed by atoms with Gasteiger partial charge in [-0.15, -0.1) is 0 Å². The Kier molecular flexibility index (Phi) is 4.88. The second kappa shape index (κ2) is 7.21. The second-order valence-corrected chi connectivity index (χ2v) is 9.30. The zero-order valence-electron chi connectivity index (χ0n) is 16.2. The van der Waals surface area contributed by atoms with Crippen molar-refractivity contribution in [1.82, 2.24) is 18.8 Å². The summed E-state index contributed by atoms with van der Waals surface area (Å²) in [4.78, 5) is 21.8. The number of carbonyl (C=O) groups is 1. The molecule has 9 heteroatoms. The van der Waals surface area contributed by atoms with Gasteiger partial charge < -0.3 is 14.4 Å². The van der Waals surface area contributed by atoms with Gasteiger partial charge >= 0.3 is 0 Å². The SMILES string of the molecule is Cn1cnc2c1[C@@H](C(=O)N1CCN(c3ccccc3)CC1)N(S(C)(=O)=O)CC2. The number of aromatic nitrogens is 2. The van der Waals surface area contributed by atoms with Crippen LogP contribution in [0, 0.1) is 0 Å². The van der Waals surface area contributed by atoms with Gasteiger partial charge in [0.05, 0.1) is 24.0 Å². The number of hydrogen-bond acceptors (Lipinski definition) is 5. The van der Waals surface area contributed by atoms with E-state index in [-0.39, 0.29) is 12.5 Å². The van der Waals surface area contributed by atoms with Crippen molar-refractivity contribution >= 4 is 21.6 Å². The highest BCUT2D eigenvalue weighted by molar-refractivity contribution is 7.88. The van der Waals surface area contributed by atoms with E-state index in [0.717, 1.165) is 24.5 Å². The van der Waals surface area contributed by atoms with E-state index in [4.69, 9.17) is 0 Å². The van der Waals surface area contributed by atoms with Gasteiger partial charge in [-0.25, -0.2) is 13.4 Å². The molecular weight excluding hydrogens is 378 g/mol. The molecule has 1 aromatic heterocycles. The maximum Gasteiger partial charge on any atom is 0.247 e. The van der Waals surface area contributed by atoms with Crippen molar-refractivity contribution in [2.24, 2.45) is 7.05 Å². The summed E-state index contributed by atoms with van der Waals surface area (Å²) in [7, 11) is -1.70. The molecule has 1 fully saturated rings. The van der Waals surface area contributed by atoms with Gasteiger partial charge in [-0.05, 0) is 12.1 Å². The zero-order valence-corrected chi connectivity index (χ0v) is 17.0. The van der Waals surface area contributed by atoms with Gasteiger partial charge in [0.1, 0.15) is 6.04 Å².